The van der Waals surface area contributed by atoms with Crippen LogP contribution in [0.1, 0.15) is 25.0 Å². The number of rotatable bonds is 1. The Kier molecular flexibility index (Phi) is 4.34. The lowest BCUT2D eigenvalue weighted by molar-refractivity contribution is -0.419. The highest BCUT2D eigenvalue weighted by Gasteiger charge is 2.44. The quantitative estimate of drug-likeness (QED) is 0.379. The van der Waals surface area contributed by atoms with Gasteiger partial charge in [-0.15, -0.1) is 0 Å². The molecule has 1 aromatic carbocycles. The van der Waals surface area contributed by atoms with Crippen molar-refractivity contribution >= 4 is 11.5 Å². The zero-order valence-electron chi connectivity index (χ0n) is 16.2. The number of ketones is 1. The van der Waals surface area contributed by atoms with Crippen molar-refractivity contribution in [2.75, 3.05) is 0 Å². The minimum Gasteiger partial charge on any atom is -0.334 e. The number of hydrogen-bond donors (Lipinski definition) is 0. The van der Waals surface area contributed by atoms with E-state index in [1.807, 2.05) is 26.0 Å². The van der Waals surface area contributed by atoms with Crippen molar-refractivity contribution in [2.24, 2.45) is 0 Å². The van der Waals surface area contributed by atoms with Gasteiger partial charge in [0.1, 0.15) is 0 Å². The molecule has 0 spiro atoms. The van der Waals surface area contributed by atoms with Crippen molar-refractivity contribution in [3.63, 3.8) is 0 Å². The van der Waals surface area contributed by atoms with Crippen LogP contribution in [0.5, 0.6) is 0 Å². The van der Waals surface area contributed by atoms with Crippen molar-refractivity contribution < 1.29 is 22.9 Å². The van der Waals surface area contributed by atoms with Crippen LogP contribution in [0.2, 0.25) is 0 Å². The van der Waals surface area contributed by atoms with Gasteiger partial charge in [-0.2, -0.15) is 13.2 Å². The summed E-state index contributed by atoms with van der Waals surface area (Å²) in [5.41, 5.74) is -0.210. The van der Waals surface area contributed by atoms with Crippen LogP contribution in [0.25, 0.3) is 5.70 Å². The summed E-state index contributed by atoms with van der Waals surface area (Å²) < 4.78 is 41.2. The molecule has 0 saturated carbocycles. The summed E-state index contributed by atoms with van der Waals surface area (Å²) in [4.78, 5) is 24.8. The van der Waals surface area contributed by atoms with Crippen LogP contribution in [0, 0.1) is 10.1 Å². The lowest BCUT2D eigenvalue weighted by atomic mass is 9.80. The van der Waals surface area contributed by atoms with Crippen molar-refractivity contribution in [3.8, 4) is 0 Å². The third-order valence-electron chi connectivity index (χ3n) is 5.37. The van der Waals surface area contributed by atoms with Crippen LogP contribution >= 0.6 is 0 Å². The average molecular weight is 414 g/mol. The van der Waals surface area contributed by atoms with E-state index in [0.29, 0.717) is 17.7 Å². The highest BCUT2D eigenvalue weighted by atomic mass is 19.4. The molecule has 154 valence electrons. The van der Waals surface area contributed by atoms with Crippen molar-refractivity contribution in [2.45, 2.75) is 32.0 Å². The van der Waals surface area contributed by atoms with Gasteiger partial charge in [-0.3, -0.25) is 14.9 Å². The van der Waals surface area contributed by atoms with Gasteiger partial charge in [-0.05, 0) is 44.1 Å². The first-order chi connectivity index (χ1) is 14.0. The van der Waals surface area contributed by atoms with E-state index >= 15 is 0 Å². The minimum absolute atomic E-state index is 0.00743. The van der Waals surface area contributed by atoms with Gasteiger partial charge in [-0.25, -0.2) is 0 Å². The molecule has 3 aliphatic rings. The largest absolute Gasteiger partial charge is 0.416 e. The molecule has 0 amide bonds. The molecule has 5 nitrogen and oxygen atoms in total. The Bertz CT molecular complexity index is 1130. The van der Waals surface area contributed by atoms with Gasteiger partial charge in [0, 0.05) is 29.0 Å². The molecular formula is C22H17F3N2O3. The molecule has 2 aliphatic heterocycles. The second kappa shape index (κ2) is 6.55. The van der Waals surface area contributed by atoms with Crippen LogP contribution in [0.3, 0.4) is 0 Å². The molecule has 0 fully saturated rings. The zero-order chi connectivity index (χ0) is 21.8. The molecule has 8 heteroatoms. The first-order valence-electron chi connectivity index (χ1n) is 9.21. The SMILES string of the molecule is CC1(C)Cc2ccccc2C2=CC(C(F)(F)F)=C/C(=C3/C=C([N+](=O)[O-])C=CC3=O)N21. The van der Waals surface area contributed by atoms with Crippen LogP contribution in [-0.4, -0.2) is 27.3 Å². The highest BCUT2D eigenvalue weighted by molar-refractivity contribution is 6.08. The molecule has 0 radical (unpaired) electrons. The maximum absolute atomic E-state index is 13.7. The second-order valence-electron chi connectivity index (χ2n) is 7.93. The predicted octanol–water partition coefficient (Wildman–Crippen LogP) is 4.72. The first-order valence-corrected chi connectivity index (χ1v) is 9.21. The summed E-state index contributed by atoms with van der Waals surface area (Å²) >= 11 is 0. The van der Waals surface area contributed by atoms with Crippen molar-refractivity contribution in [1.29, 1.82) is 0 Å². The van der Waals surface area contributed by atoms with Gasteiger partial charge in [0.2, 0.25) is 0 Å². The summed E-state index contributed by atoms with van der Waals surface area (Å²) in [5, 5.41) is 11.2. The number of fused-ring (bicyclic) bond motifs is 3. The van der Waals surface area contributed by atoms with Crippen molar-refractivity contribution in [3.05, 3.63) is 98.4 Å². The van der Waals surface area contributed by atoms with Crippen LogP contribution < -0.4 is 0 Å². The Balaban J connectivity index is 2.04. The average Bonchev–Trinajstić information content (AvgIpc) is 2.66. The number of nitro groups is 1. The van der Waals surface area contributed by atoms with E-state index in [4.69, 9.17) is 0 Å². The maximum Gasteiger partial charge on any atom is 0.416 e. The molecule has 0 bridgehead atoms. The molecule has 0 atom stereocenters. The van der Waals surface area contributed by atoms with Crippen LogP contribution in [-0.2, 0) is 11.2 Å². The fourth-order valence-corrected chi connectivity index (χ4v) is 4.11. The maximum atomic E-state index is 13.7. The normalized spacial score (nSPS) is 22.6. The van der Waals surface area contributed by atoms with E-state index in [1.54, 1.807) is 17.0 Å². The van der Waals surface area contributed by atoms with Gasteiger partial charge < -0.3 is 4.90 Å². The molecule has 0 aromatic heterocycles. The Labute approximate surface area is 170 Å². The Morgan fingerprint density at radius 3 is 2.47 bits per heavy atom. The van der Waals surface area contributed by atoms with E-state index < -0.39 is 28.0 Å². The third kappa shape index (κ3) is 3.18. The number of halogens is 3. The molecule has 0 N–H and O–H groups in total. The third-order valence-corrected chi connectivity index (χ3v) is 5.37. The number of carbonyl (C=O) groups excluding carboxylic acids is 1. The molecule has 4 rings (SSSR count). The molecule has 1 aliphatic carbocycles. The summed E-state index contributed by atoms with van der Waals surface area (Å²) in [6.45, 7) is 3.73. The van der Waals surface area contributed by atoms with Gasteiger partial charge in [0.25, 0.3) is 5.70 Å². The fraction of sp³-hybridized carbons (Fsp3) is 0.227. The molecular weight excluding hydrogens is 397 g/mol. The number of allylic oxidation sites excluding steroid dienone is 7. The monoisotopic (exact) mass is 414 g/mol. The summed E-state index contributed by atoms with van der Waals surface area (Å²) in [6.07, 6.45) is 0.973. The smallest absolute Gasteiger partial charge is 0.334 e. The van der Waals surface area contributed by atoms with E-state index in [9.17, 15) is 28.1 Å². The predicted molar refractivity (Wildman–Crippen MR) is 104 cm³/mol. The Morgan fingerprint density at radius 2 is 1.80 bits per heavy atom. The van der Waals surface area contributed by atoms with Gasteiger partial charge >= 0.3 is 6.18 Å². The van der Waals surface area contributed by atoms with E-state index in [2.05, 4.69) is 0 Å². The summed E-state index contributed by atoms with van der Waals surface area (Å²) in [6, 6.07) is 7.18. The van der Waals surface area contributed by atoms with E-state index in [0.717, 1.165) is 35.9 Å². The topological polar surface area (TPSA) is 63.5 Å². The Hall–Kier alpha value is -3.42. The first kappa shape index (κ1) is 19.9. The lowest BCUT2D eigenvalue weighted by Gasteiger charge is -2.49. The number of alkyl halides is 3. The summed E-state index contributed by atoms with van der Waals surface area (Å²) in [5.74, 6) is -0.579. The molecule has 1 aromatic rings. The molecule has 0 saturated heterocycles. The molecule has 30 heavy (non-hydrogen) atoms. The van der Waals surface area contributed by atoms with Gasteiger partial charge in [-0.1, -0.05) is 24.3 Å². The number of carbonyl (C=O) groups is 1. The lowest BCUT2D eigenvalue weighted by Crippen LogP contribution is -2.48. The summed E-state index contributed by atoms with van der Waals surface area (Å²) in [7, 11) is 0. The van der Waals surface area contributed by atoms with Gasteiger partial charge in [0.15, 0.2) is 5.78 Å². The van der Waals surface area contributed by atoms with E-state index in [-0.39, 0.29) is 17.0 Å². The standard InChI is InChI=1S/C22H17F3N2O3/c1-21(2)12-13-5-3-4-6-16(13)18-9-14(22(23,24)25)10-19(26(18)21)17-11-15(27(29)30)7-8-20(17)28/h3-11H,12H2,1-2H3/b19-17+. The fourth-order valence-electron chi connectivity index (χ4n) is 4.11. The minimum atomic E-state index is -4.65. The number of nitrogens with zero attached hydrogens (tertiary/aromatic N) is 2. The zero-order valence-corrected chi connectivity index (χ0v) is 16.2. The highest BCUT2D eigenvalue weighted by Crippen LogP contribution is 2.47. The van der Waals surface area contributed by atoms with E-state index in [1.165, 1.54) is 0 Å². The van der Waals surface area contributed by atoms with Gasteiger partial charge in [0.05, 0.1) is 21.8 Å². The van der Waals surface area contributed by atoms with Crippen LogP contribution in [0.15, 0.2) is 77.2 Å². The molecule has 2 heterocycles. The number of benzene rings is 1. The Morgan fingerprint density at radius 1 is 1.10 bits per heavy atom. The van der Waals surface area contributed by atoms with Crippen molar-refractivity contribution in [1.82, 2.24) is 4.90 Å². The number of hydrogen-bond acceptors (Lipinski definition) is 4. The second-order valence-corrected chi connectivity index (χ2v) is 7.93. The van der Waals surface area contributed by atoms with Crippen LogP contribution in [0.4, 0.5) is 13.2 Å². The molecule has 0 unspecified atom stereocenters.